The van der Waals surface area contributed by atoms with E-state index in [1.54, 1.807) is 7.05 Å². The van der Waals surface area contributed by atoms with E-state index < -0.39 is 23.9 Å². The number of rotatable bonds is 0. The molecule has 2 rings (SSSR count). The van der Waals surface area contributed by atoms with Gasteiger partial charge >= 0.3 is 5.92 Å². The summed E-state index contributed by atoms with van der Waals surface area (Å²) in [6.45, 7) is 0.0668. The van der Waals surface area contributed by atoms with Gasteiger partial charge in [0, 0.05) is 25.7 Å². The number of hydrogen-bond donors (Lipinski definition) is 0. The topological polar surface area (TPSA) is 20.3 Å². The average Bonchev–Trinajstić information content (AvgIpc) is 2.31. The van der Waals surface area contributed by atoms with E-state index in [0.29, 0.717) is 5.69 Å². The molecule has 1 heterocycles. The van der Waals surface area contributed by atoms with Gasteiger partial charge in [-0.3, -0.25) is 4.79 Å². The third kappa shape index (κ3) is 1.66. The molecule has 2 nitrogen and oxygen atoms in total. The summed E-state index contributed by atoms with van der Waals surface area (Å²) in [5.41, 5.74) is 0.105. The van der Waals surface area contributed by atoms with Crippen LogP contribution in [0.3, 0.4) is 0 Å². The Morgan fingerprint density at radius 3 is 2.75 bits per heavy atom. The van der Waals surface area contributed by atoms with Gasteiger partial charge in [-0.2, -0.15) is 8.78 Å². The van der Waals surface area contributed by atoms with Crippen LogP contribution in [0, 0.1) is 5.82 Å². The maximum Gasteiger partial charge on any atom is 0.311 e. The van der Waals surface area contributed by atoms with E-state index in [2.05, 4.69) is 0 Å². The molecule has 0 spiro atoms. The first-order valence-electron chi connectivity index (χ1n) is 4.85. The van der Waals surface area contributed by atoms with Crippen molar-refractivity contribution in [1.82, 2.24) is 0 Å². The third-order valence-electron chi connectivity index (χ3n) is 2.71. The summed E-state index contributed by atoms with van der Waals surface area (Å²) in [6, 6.07) is 3.38. The van der Waals surface area contributed by atoms with Crippen molar-refractivity contribution in [2.45, 2.75) is 12.3 Å². The maximum absolute atomic E-state index is 13.3. The maximum atomic E-state index is 13.3. The molecular weight excluding hydrogens is 219 g/mol. The van der Waals surface area contributed by atoms with Crippen LogP contribution >= 0.6 is 0 Å². The van der Waals surface area contributed by atoms with Gasteiger partial charge in [0.2, 0.25) is 5.78 Å². The molecule has 1 aliphatic heterocycles. The van der Waals surface area contributed by atoms with Crippen LogP contribution in [0.15, 0.2) is 18.2 Å². The molecule has 0 amide bonds. The number of ketones is 1. The summed E-state index contributed by atoms with van der Waals surface area (Å²) in [7, 11) is 1.60. The van der Waals surface area contributed by atoms with Gasteiger partial charge in [-0.15, -0.1) is 0 Å². The van der Waals surface area contributed by atoms with Crippen LogP contribution in [-0.2, 0) is 0 Å². The second-order valence-electron chi connectivity index (χ2n) is 3.87. The molecule has 1 aromatic rings. The number of hydrogen-bond acceptors (Lipinski definition) is 2. The number of anilines is 1. The smallest absolute Gasteiger partial charge is 0.311 e. The number of halogens is 3. The minimum atomic E-state index is -3.41. The van der Waals surface area contributed by atoms with Crippen LogP contribution in [-0.4, -0.2) is 25.3 Å². The molecule has 5 heteroatoms. The molecule has 0 atom stereocenters. The fourth-order valence-corrected chi connectivity index (χ4v) is 1.76. The van der Waals surface area contributed by atoms with E-state index in [-0.39, 0.29) is 12.1 Å². The fraction of sp³-hybridized carbons (Fsp3) is 0.364. The summed E-state index contributed by atoms with van der Waals surface area (Å²) in [4.78, 5) is 13.0. The van der Waals surface area contributed by atoms with Gasteiger partial charge in [-0.05, 0) is 18.2 Å². The zero-order chi connectivity index (χ0) is 11.9. The first-order valence-corrected chi connectivity index (χ1v) is 4.85. The lowest BCUT2D eigenvalue weighted by Crippen LogP contribution is -2.29. The number of carbonyl (C=O) groups is 1. The number of alkyl halides is 2. The Bertz CT molecular complexity index is 445. The largest absolute Gasteiger partial charge is 0.374 e. The van der Waals surface area contributed by atoms with Gasteiger partial charge in [-0.25, -0.2) is 4.39 Å². The van der Waals surface area contributed by atoms with Crippen LogP contribution in [0.1, 0.15) is 16.8 Å². The first kappa shape index (κ1) is 11.0. The van der Waals surface area contributed by atoms with Crippen molar-refractivity contribution in [1.29, 1.82) is 0 Å². The Labute approximate surface area is 90.7 Å². The van der Waals surface area contributed by atoms with Crippen molar-refractivity contribution in [2.24, 2.45) is 0 Å². The van der Waals surface area contributed by atoms with E-state index in [4.69, 9.17) is 0 Å². The van der Waals surface area contributed by atoms with Crippen LogP contribution in [0.25, 0.3) is 0 Å². The highest BCUT2D eigenvalue weighted by Crippen LogP contribution is 2.33. The molecule has 0 bridgehead atoms. The van der Waals surface area contributed by atoms with E-state index >= 15 is 0 Å². The van der Waals surface area contributed by atoms with Gasteiger partial charge in [0.05, 0.1) is 5.56 Å². The molecule has 16 heavy (non-hydrogen) atoms. The molecule has 0 saturated carbocycles. The molecular formula is C11H10F3NO. The number of benzene rings is 1. The van der Waals surface area contributed by atoms with Crippen molar-refractivity contribution in [3.8, 4) is 0 Å². The van der Waals surface area contributed by atoms with Gasteiger partial charge in [0.15, 0.2) is 0 Å². The molecule has 0 fully saturated rings. The van der Waals surface area contributed by atoms with E-state index in [1.807, 2.05) is 0 Å². The van der Waals surface area contributed by atoms with Crippen molar-refractivity contribution >= 4 is 11.5 Å². The Hall–Kier alpha value is -1.52. The number of carbonyl (C=O) groups excluding carboxylic acids is 1. The van der Waals surface area contributed by atoms with Gasteiger partial charge < -0.3 is 4.90 Å². The lowest BCUT2D eigenvalue weighted by Gasteiger charge is -2.17. The zero-order valence-corrected chi connectivity index (χ0v) is 8.64. The number of Topliss-reactive ketones (excluding diaryl/α,β-unsaturated/α-hetero) is 1. The summed E-state index contributed by atoms with van der Waals surface area (Å²) in [5, 5.41) is 0. The molecule has 0 aromatic heterocycles. The molecule has 1 aliphatic rings. The molecule has 1 aromatic carbocycles. The average molecular weight is 229 g/mol. The predicted octanol–water partition coefficient (Wildman–Crippen LogP) is 2.48. The third-order valence-corrected chi connectivity index (χ3v) is 2.71. The predicted molar refractivity (Wildman–Crippen MR) is 53.6 cm³/mol. The highest BCUT2D eigenvalue weighted by atomic mass is 19.3. The Morgan fingerprint density at radius 1 is 1.38 bits per heavy atom. The number of nitrogens with zero attached hydrogens (tertiary/aromatic N) is 1. The molecule has 0 saturated heterocycles. The zero-order valence-electron chi connectivity index (χ0n) is 8.64. The van der Waals surface area contributed by atoms with E-state index in [0.717, 1.165) is 12.1 Å². The highest BCUT2D eigenvalue weighted by Gasteiger charge is 2.42. The number of fused-ring (bicyclic) bond motifs is 1. The molecule has 0 N–H and O–H groups in total. The standard InChI is InChI=1S/C11H10F3NO/c1-15-5-4-11(13,14)10(16)8-6-7(12)2-3-9(8)15/h2-3,6H,4-5H2,1H3. The summed E-state index contributed by atoms with van der Waals surface area (Å²) in [6.07, 6.45) is -0.543. The van der Waals surface area contributed by atoms with E-state index in [9.17, 15) is 18.0 Å². The second kappa shape index (κ2) is 3.50. The Balaban J connectivity index is 2.60. The fourth-order valence-electron chi connectivity index (χ4n) is 1.76. The molecule has 0 unspecified atom stereocenters. The highest BCUT2D eigenvalue weighted by molar-refractivity contribution is 6.06. The van der Waals surface area contributed by atoms with Crippen molar-refractivity contribution in [3.05, 3.63) is 29.6 Å². The molecule has 0 aliphatic carbocycles. The van der Waals surface area contributed by atoms with Crippen LogP contribution in [0.2, 0.25) is 0 Å². The summed E-state index contributed by atoms with van der Waals surface area (Å²) < 4.78 is 39.6. The van der Waals surface area contributed by atoms with Crippen molar-refractivity contribution in [2.75, 3.05) is 18.5 Å². The van der Waals surface area contributed by atoms with Gasteiger partial charge in [0.1, 0.15) is 5.82 Å². The van der Waals surface area contributed by atoms with Crippen molar-refractivity contribution < 1.29 is 18.0 Å². The molecule has 86 valence electrons. The minimum Gasteiger partial charge on any atom is -0.374 e. The first-order chi connectivity index (χ1) is 7.42. The second-order valence-corrected chi connectivity index (χ2v) is 3.87. The lowest BCUT2D eigenvalue weighted by atomic mass is 10.0. The lowest BCUT2D eigenvalue weighted by molar-refractivity contribution is 0.00754. The Kier molecular flexibility index (Phi) is 2.40. The van der Waals surface area contributed by atoms with Gasteiger partial charge in [-0.1, -0.05) is 0 Å². The summed E-state index contributed by atoms with van der Waals surface area (Å²) >= 11 is 0. The van der Waals surface area contributed by atoms with Gasteiger partial charge in [0.25, 0.3) is 0 Å². The van der Waals surface area contributed by atoms with E-state index in [1.165, 1.54) is 11.0 Å². The normalized spacial score (nSPS) is 19.2. The van der Waals surface area contributed by atoms with Crippen LogP contribution in [0.4, 0.5) is 18.9 Å². The van der Waals surface area contributed by atoms with Crippen LogP contribution in [0.5, 0.6) is 0 Å². The monoisotopic (exact) mass is 229 g/mol. The summed E-state index contributed by atoms with van der Waals surface area (Å²) in [5.74, 6) is -5.39. The molecule has 0 radical (unpaired) electrons. The Morgan fingerprint density at radius 2 is 2.06 bits per heavy atom. The quantitative estimate of drug-likeness (QED) is 0.681. The minimum absolute atomic E-state index is 0.0668. The van der Waals surface area contributed by atoms with Crippen LogP contribution < -0.4 is 4.90 Å². The van der Waals surface area contributed by atoms with Crippen molar-refractivity contribution in [3.63, 3.8) is 0 Å². The SMILES string of the molecule is CN1CCC(F)(F)C(=O)c2cc(F)ccc21.